The molecule has 352 valence electrons. The number of pyridine rings is 4. The summed E-state index contributed by atoms with van der Waals surface area (Å²) in [5.41, 5.74) is -1.59. The van der Waals surface area contributed by atoms with Gasteiger partial charge in [0.2, 0.25) is 11.4 Å². The maximum Gasteiger partial charge on any atom is 0.417 e. The molecule has 1 amide bonds. The van der Waals surface area contributed by atoms with Gasteiger partial charge in [0, 0.05) is 83.1 Å². The van der Waals surface area contributed by atoms with Gasteiger partial charge in [0.05, 0.1) is 17.3 Å². The van der Waals surface area contributed by atoms with Gasteiger partial charge in [-0.2, -0.15) is 26.3 Å². The molecule has 21 heteroatoms. The minimum Gasteiger partial charge on any atom is -0.543 e. The second-order valence-electron chi connectivity index (χ2n) is 18.3. The SMILES string of the molecule is CC(C)(C)[Si](C)(C)Oc1ccc(=O)[nH]c1.CC(C)(C)[Si](C)(C)Oc1ccc(OC(=O)N2CCN(c3ccc(C(F)(F)F)cn3)CC2)nc1.FC(F)(F)c1ccc(N2CCNCC2)nc1. The lowest BCUT2D eigenvalue weighted by Gasteiger charge is -2.36. The largest absolute Gasteiger partial charge is 0.543 e. The highest BCUT2D eigenvalue weighted by atomic mass is 28.4. The molecule has 2 saturated heterocycles. The maximum absolute atomic E-state index is 12.7. The van der Waals surface area contributed by atoms with E-state index in [4.69, 9.17) is 13.6 Å². The summed E-state index contributed by atoms with van der Waals surface area (Å²) in [5.74, 6) is 2.61. The summed E-state index contributed by atoms with van der Waals surface area (Å²) in [6.45, 7) is 26.4. The van der Waals surface area contributed by atoms with E-state index in [1.807, 2.05) is 9.80 Å². The molecule has 2 aliphatic heterocycles. The molecule has 0 radical (unpaired) electrons. The van der Waals surface area contributed by atoms with Crippen LogP contribution in [0.3, 0.4) is 0 Å². The zero-order valence-corrected chi connectivity index (χ0v) is 40.1. The summed E-state index contributed by atoms with van der Waals surface area (Å²) in [6, 6.07) is 11.4. The van der Waals surface area contributed by atoms with Gasteiger partial charge in [-0.15, -0.1) is 0 Å². The first-order chi connectivity index (χ1) is 29.6. The van der Waals surface area contributed by atoms with Crippen molar-refractivity contribution in [2.75, 3.05) is 62.2 Å². The van der Waals surface area contributed by atoms with Crippen molar-refractivity contribution < 1.29 is 44.7 Å². The van der Waals surface area contributed by atoms with Crippen LogP contribution >= 0.6 is 0 Å². The molecule has 64 heavy (non-hydrogen) atoms. The van der Waals surface area contributed by atoms with E-state index >= 15 is 0 Å². The zero-order valence-electron chi connectivity index (χ0n) is 38.1. The van der Waals surface area contributed by atoms with Gasteiger partial charge < -0.3 is 38.6 Å². The molecular formula is C43H60F6N8O5Si2. The molecule has 4 aromatic heterocycles. The van der Waals surface area contributed by atoms with Crippen LogP contribution in [-0.2, 0) is 12.4 Å². The molecule has 0 unspecified atom stereocenters. The Balaban J connectivity index is 0.000000240. The predicted octanol–water partition coefficient (Wildman–Crippen LogP) is 9.47. The van der Waals surface area contributed by atoms with Crippen molar-refractivity contribution in [3.63, 3.8) is 0 Å². The molecule has 0 saturated carbocycles. The summed E-state index contributed by atoms with van der Waals surface area (Å²) in [4.78, 5) is 43.3. The van der Waals surface area contributed by atoms with E-state index in [2.05, 4.69) is 93.0 Å². The number of aromatic nitrogens is 4. The van der Waals surface area contributed by atoms with Gasteiger partial charge in [-0.05, 0) is 72.7 Å². The van der Waals surface area contributed by atoms with E-state index in [9.17, 15) is 35.9 Å². The molecule has 2 aliphatic rings. The van der Waals surface area contributed by atoms with E-state index in [1.54, 1.807) is 30.6 Å². The second kappa shape index (κ2) is 20.8. The number of nitrogens with zero attached hydrogens (tertiary/aromatic N) is 6. The molecule has 4 aromatic rings. The fraction of sp³-hybridized carbons (Fsp3) is 0.512. The number of hydrogen-bond acceptors (Lipinski definition) is 11. The minimum atomic E-state index is -4.42. The van der Waals surface area contributed by atoms with Crippen molar-refractivity contribution in [1.29, 1.82) is 0 Å². The van der Waals surface area contributed by atoms with E-state index in [-0.39, 0.29) is 21.5 Å². The smallest absolute Gasteiger partial charge is 0.417 e. The molecule has 0 bridgehead atoms. The van der Waals surface area contributed by atoms with Gasteiger partial charge in [-0.1, -0.05) is 41.5 Å². The molecule has 0 aliphatic carbocycles. The molecule has 2 fully saturated rings. The van der Waals surface area contributed by atoms with Crippen LogP contribution in [0.25, 0.3) is 0 Å². The zero-order chi connectivity index (χ0) is 47.7. The number of H-pyrrole nitrogens is 1. The van der Waals surface area contributed by atoms with Crippen LogP contribution < -0.4 is 34.3 Å². The Labute approximate surface area is 372 Å². The number of halogens is 6. The number of aromatic amines is 1. The number of anilines is 2. The molecule has 6 rings (SSSR count). The third-order valence-corrected chi connectivity index (χ3v) is 20.2. The number of rotatable bonds is 7. The lowest BCUT2D eigenvalue weighted by Crippen LogP contribution is -2.49. The number of amides is 1. The lowest BCUT2D eigenvalue weighted by atomic mass is 10.2. The van der Waals surface area contributed by atoms with Gasteiger partial charge in [0.1, 0.15) is 23.1 Å². The lowest BCUT2D eigenvalue weighted by molar-refractivity contribution is -0.138. The van der Waals surface area contributed by atoms with Gasteiger partial charge in [-0.25, -0.2) is 19.7 Å². The van der Waals surface area contributed by atoms with Crippen LogP contribution in [0.2, 0.25) is 36.3 Å². The van der Waals surface area contributed by atoms with Crippen molar-refractivity contribution in [2.45, 2.75) is 90.2 Å². The van der Waals surface area contributed by atoms with E-state index in [1.165, 1.54) is 23.1 Å². The number of hydrogen-bond donors (Lipinski definition) is 2. The molecular weight excluding hydrogens is 879 g/mol. The normalized spacial score (nSPS) is 15.3. The van der Waals surface area contributed by atoms with Gasteiger partial charge in [0.25, 0.3) is 16.6 Å². The van der Waals surface area contributed by atoms with Crippen molar-refractivity contribution in [3.05, 3.63) is 94.8 Å². The third-order valence-electron chi connectivity index (χ3n) is 11.5. The minimum absolute atomic E-state index is 0.0518. The predicted molar refractivity (Wildman–Crippen MR) is 240 cm³/mol. The van der Waals surface area contributed by atoms with Crippen molar-refractivity contribution in [2.24, 2.45) is 0 Å². The van der Waals surface area contributed by atoms with E-state index in [0.717, 1.165) is 56.5 Å². The Morgan fingerprint density at radius 3 is 1.47 bits per heavy atom. The Bertz CT molecular complexity index is 2130. The summed E-state index contributed by atoms with van der Waals surface area (Å²) in [5, 5.41) is 3.39. The molecule has 0 atom stereocenters. The Hall–Kier alpha value is -5.16. The number of nitrogens with one attached hydrogen (secondary N) is 2. The molecule has 0 aromatic carbocycles. The first-order valence-electron chi connectivity index (χ1n) is 20.8. The van der Waals surface area contributed by atoms with Crippen LogP contribution in [0.15, 0.2) is 78.1 Å². The molecule has 0 spiro atoms. The number of piperazine rings is 2. The summed E-state index contributed by atoms with van der Waals surface area (Å²) >= 11 is 0. The highest BCUT2D eigenvalue weighted by Crippen LogP contribution is 2.38. The van der Waals surface area contributed by atoms with E-state index in [0.29, 0.717) is 43.6 Å². The Kier molecular flexibility index (Phi) is 16.7. The van der Waals surface area contributed by atoms with Gasteiger partial charge in [0.15, 0.2) is 0 Å². The van der Waals surface area contributed by atoms with Gasteiger partial charge in [-0.3, -0.25) is 4.79 Å². The number of ether oxygens (including phenoxy) is 1. The standard InChI is InChI=1S/C22H29F3N4O3Si.C11H19NO2Si.C10H12F3N3/c1-21(2,3)33(4,5)32-17-7-9-19(27-15-17)31-20(30)29-12-10-28(11-13-29)18-8-6-16(14-26-18)22(23,24)25;1-11(2,3)15(4,5)14-9-6-7-10(13)12-8-9;11-10(12,13)8-1-2-9(15-7-8)16-5-3-14-4-6-16/h6-9,14-15H,10-13H2,1-5H3;6-8H,1-5H3,(H,12,13);1-2,7,14H,3-6H2. The summed E-state index contributed by atoms with van der Waals surface area (Å²) < 4.78 is 92.5. The number of carbonyl (C=O) groups is 1. The fourth-order valence-electron chi connectivity index (χ4n) is 5.49. The Morgan fingerprint density at radius 2 is 1.08 bits per heavy atom. The van der Waals surface area contributed by atoms with Crippen LogP contribution in [-0.4, -0.2) is 99.9 Å². The average Bonchev–Trinajstić information content (AvgIpc) is 3.22. The van der Waals surface area contributed by atoms with Crippen molar-refractivity contribution >= 4 is 34.4 Å². The van der Waals surface area contributed by atoms with Crippen molar-refractivity contribution in [1.82, 2.24) is 30.2 Å². The maximum atomic E-state index is 12.7. The fourth-order valence-corrected chi connectivity index (χ4v) is 7.53. The second-order valence-corrected chi connectivity index (χ2v) is 27.8. The monoisotopic (exact) mass is 938 g/mol. The average molecular weight is 939 g/mol. The number of carbonyl (C=O) groups excluding carboxylic acids is 1. The first kappa shape index (κ1) is 51.5. The summed E-state index contributed by atoms with van der Waals surface area (Å²) in [7, 11) is -3.78. The van der Waals surface area contributed by atoms with Crippen LogP contribution in [0, 0.1) is 0 Å². The highest BCUT2D eigenvalue weighted by Gasteiger charge is 2.40. The van der Waals surface area contributed by atoms with Gasteiger partial charge >= 0.3 is 18.4 Å². The van der Waals surface area contributed by atoms with E-state index < -0.39 is 46.2 Å². The highest BCUT2D eigenvalue weighted by molar-refractivity contribution is 6.75. The van der Waals surface area contributed by atoms with Crippen LogP contribution in [0.5, 0.6) is 17.4 Å². The quantitative estimate of drug-likeness (QED) is 0.135. The Morgan fingerprint density at radius 1 is 0.609 bits per heavy atom. The molecule has 13 nitrogen and oxygen atoms in total. The van der Waals surface area contributed by atoms with Crippen molar-refractivity contribution in [3.8, 4) is 17.4 Å². The van der Waals surface area contributed by atoms with Crippen LogP contribution in [0.4, 0.5) is 42.8 Å². The molecule has 6 heterocycles. The van der Waals surface area contributed by atoms with Crippen LogP contribution in [0.1, 0.15) is 52.7 Å². The first-order valence-corrected chi connectivity index (χ1v) is 26.6. The number of alkyl halides is 6. The third kappa shape index (κ3) is 15.0. The summed E-state index contributed by atoms with van der Waals surface area (Å²) in [6.07, 6.45) is -4.37. The molecule has 2 N–H and O–H groups in total. The topological polar surface area (TPSA) is 138 Å².